The van der Waals surface area contributed by atoms with Crippen LogP contribution < -0.4 is 11.2 Å². The molecular formula is C11H16N2O3. The topological polar surface area (TPSA) is 75.1 Å². The van der Waals surface area contributed by atoms with Crippen LogP contribution in [-0.2, 0) is 0 Å². The van der Waals surface area contributed by atoms with Crippen LogP contribution in [0.1, 0.15) is 43.7 Å². The summed E-state index contributed by atoms with van der Waals surface area (Å²) in [6.07, 6.45) is 5.08. The molecule has 88 valence electrons. The molecule has 0 aliphatic heterocycles. The molecule has 0 aromatic carbocycles. The van der Waals surface area contributed by atoms with Gasteiger partial charge in [-0.25, -0.2) is 4.79 Å². The average Bonchev–Trinajstić information content (AvgIpc) is 2.28. The van der Waals surface area contributed by atoms with Crippen LogP contribution in [0.25, 0.3) is 0 Å². The number of rotatable bonds is 1. The van der Waals surface area contributed by atoms with Crippen molar-refractivity contribution >= 4 is 0 Å². The van der Waals surface area contributed by atoms with Crippen molar-refractivity contribution in [1.29, 1.82) is 0 Å². The first-order chi connectivity index (χ1) is 7.61. The molecule has 0 unspecified atom stereocenters. The summed E-state index contributed by atoms with van der Waals surface area (Å²) >= 11 is 0. The van der Waals surface area contributed by atoms with Crippen LogP contribution in [0, 0.1) is 6.92 Å². The molecule has 16 heavy (non-hydrogen) atoms. The largest absolute Gasteiger partial charge is 0.494 e. The van der Waals surface area contributed by atoms with Gasteiger partial charge in [0, 0.05) is 6.04 Å². The third-order valence-electron chi connectivity index (χ3n) is 3.28. The van der Waals surface area contributed by atoms with E-state index in [0.717, 1.165) is 25.7 Å². The fraction of sp³-hybridized carbons (Fsp3) is 0.636. The van der Waals surface area contributed by atoms with Crippen LogP contribution in [0.5, 0.6) is 5.88 Å². The van der Waals surface area contributed by atoms with E-state index in [0.29, 0.717) is 0 Å². The predicted molar refractivity (Wildman–Crippen MR) is 59.8 cm³/mol. The van der Waals surface area contributed by atoms with E-state index in [1.807, 2.05) is 0 Å². The first-order valence-corrected chi connectivity index (χ1v) is 5.65. The molecule has 0 atom stereocenters. The molecule has 0 bridgehead atoms. The Hall–Kier alpha value is -1.52. The first-order valence-electron chi connectivity index (χ1n) is 5.65. The van der Waals surface area contributed by atoms with Gasteiger partial charge in [-0.3, -0.25) is 14.3 Å². The quantitative estimate of drug-likeness (QED) is 0.748. The van der Waals surface area contributed by atoms with Gasteiger partial charge in [0.15, 0.2) is 0 Å². The molecule has 2 N–H and O–H groups in total. The molecular weight excluding hydrogens is 208 g/mol. The van der Waals surface area contributed by atoms with Crippen molar-refractivity contribution in [3.63, 3.8) is 0 Å². The van der Waals surface area contributed by atoms with Gasteiger partial charge in [-0.2, -0.15) is 0 Å². The lowest BCUT2D eigenvalue weighted by Gasteiger charge is -2.24. The Morgan fingerprint density at radius 3 is 2.50 bits per heavy atom. The van der Waals surface area contributed by atoms with Gasteiger partial charge in [0.25, 0.3) is 5.56 Å². The lowest BCUT2D eigenvalue weighted by molar-refractivity contribution is 0.297. The number of aromatic hydroxyl groups is 1. The van der Waals surface area contributed by atoms with Crippen molar-refractivity contribution in [2.24, 2.45) is 0 Å². The van der Waals surface area contributed by atoms with Gasteiger partial charge in [-0.15, -0.1) is 0 Å². The minimum Gasteiger partial charge on any atom is -0.494 e. The summed E-state index contributed by atoms with van der Waals surface area (Å²) in [4.78, 5) is 25.2. The summed E-state index contributed by atoms with van der Waals surface area (Å²) in [7, 11) is 0. The number of nitrogens with zero attached hydrogens (tertiary/aromatic N) is 1. The van der Waals surface area contributed by atoms with Crippen LogP contribution in [0.3, 0.4) is 0 Å². The van der Waals surface area contributed by atoms with E-state index in [-0.39, 0.29) is 17.5 Å². The third kappa shape index (κ3) is 1.77. The van der Waals surface area contributed by atoms with Crippen LogP contribution in [-0.4, -0.2) is 14.7 Å². The molecule has 0 saturated heterocycles. The second kappa shape index (κ2) is 4.15. The monoisotopic (exact) mass is 224 g/mol. The van der Waals surface area contributed by atoms with Crippen molar-refractivity contribution in [3.05, 3.63) is 26.4 Å². The van der Waals surface area contributed by atoms with Gasteiger partial charge in [-0.1, -0.05) is 19.3 Å². The zero-order valence-electron chi connectivity index (χ0n) is 9.32. The maximum atomic E-state index is 11.7. The molecule has 5 heteroatoms. The molecule has 1 fully saturated rings. The Balaban J connectivity index is 2.51. The van der Waals surface area contributed by atoms with E-state index >= 15 is 0 Å². The van der Waals surface area contributed by atoms with E-state index in [4.69, 9.17) is 0 Å². The molecule has 1 aromatic rings. The molecule has 1 saturated carbocycles. The maximum absolute atomic E-state index is 11.7. The minimum absolute atomic E-state index is 0.0248. The van der Waals surface area contributed by atoms with E-state index < -0.39 is 11.2 Å². The number of aromatic nitrogens is 2. The molecule has 0 amide bonds. The molecule has 5 nitrogen and oxygen atoms in total. The van der Waals surface area contributed by atoms with Crippen molar-refractivity contribution in [3.8, 4) is 5.88 Å². The third-order valence-corrected chi connectivity index (χ3v) is 3.28. The summed E-state index contributed by atoms with van der Waals surface area (Å²) in [5.41, 5.74) is -0.792. The molecule has 1 aliphatic carbocycles. The molecule has 1 aliphatic rings. The fourth-order valence-corrected chi connectivity index (χ4v) is 2.31. The van der Waals surface area contributed by atoms with Crippen LogP contribution >= 0.6 is 0 Å². The van der Waals surface area contributed by atoms with Gasteiger partial charge in [0.1, 0.15) is 0 Å². The van der Waals surface area contributed by atoms with Gasteiger partial charge < -0.3 is 5.11 Å². The normalized spacial score (nSPS) is 17.6. The van der Waals surface area contributed by atoms with E-state index in [1.54, 1.807) is 0 Å². The molecule has 1 heterocycles. The Kier molecular flexibility index (Phi) is 2.85. The number of H-pyrrole nitrogens is 1. The fourth-order valence-electron chi connectivity index (χ4n) is 2.31. The van der Waals surface area contributed by atoms with Gasteiger partial charge in [0.2, 0.25) is 5.88 Å². The SMILES string of the molecule is Cc1c(O)n(C2CCCCC2)c(=O)[nH]c1=O. The number of nitrogens with one attached hydrogen (secondary N) is 1. The van der Waals surface area contributed by atoms with Gasteiger partial charge in [0.05, 0.1) is 5.56 Å². The van der Waals surface area contributed by atoms with Crippen LogP contribution in [0.4, 0.5) is 0 Å². The zero-order valence-corrected chi connectivity index (χ0v) is 9.32. The Labute approximate surface area is 92.7 Å². The van der Waals surface area contributed by atoms with Crippen molar-refractivity contribution in [2.75, 3.05) is 0 Å². The summed E-state index contributed by atoms with van der Waals surface area (Å²) in [6, 6.07) is 0.0248. The number of hydrogen-bond acceptors (Lipinski definition) is 3. The number of aromatic amines is 1. The van der Waals surface area contributed by atoms with E-state index in [2.05, 4.69) is 4.98 Å². The van der Waals surface area contributed by atoms with Crippen molar-refractivity contribution in [1.82, 2.24) is 9.55 Å². The Morgan fingerprint density at radius 1 is 1.25 bits per heavy atom. The highest BCUT2D eigenvalue weighted by molar-refractivity contribution is 5.21. The van der Waals surface area contributed by atoms with Crippen LogP contribution in [0.15, 0.2) is 9.59 Å². The van der Waals surface area contributed by atoms with Gasteiger partial charge >= 0.3 is 5.69 Å². The Morgan fingerprint density at radius 2 is 1.88 bits per heavy atom. The summed E-state index contributed by atoms with van der Waals surface area (Å²) in [5, 5.41) is 9.85. The zero-order chi connectivity index (χ0) is 11.7. The average molecular weight is 224 g/mol. The highest BCUT2D eigenvalue weighted by Crippen LogP contribution is 2.29. The standard InChI is InChI=1S/C11H16N2O3/c1-7-9(14)12-11(16)13(10(7)15)8-5-3-2-4-6-8/h8,15H,2-6H2,1H3,(H,12,14,16). The smallest absolute Gasteiger partial charge is 0.331 e. The molecule has 0 spiro atoms. The molecule has 0 radical (unpaired) electrons. The van der Waals surface area contributed by atoms with Crippen LogP contribution in [0.2, 0.25) is 0 Å². The lowest BCUT2D eigenvalue weighted by atomic mass is 9.95. The summed E-state index contributed by atoms with van der Waals surface area (Å²) in [5.74, 6) is -0.180. The summed E-state index contributed by atoms with van der Waals surface area (Å²) in [6.45, 7) is 1.52. The Bertz CT molecular complexity index is 495. The maximum Gasteiger partial charge on any atom is 0.331 e. The summed E-state index contributed by atoms with van der Waals surface area (Å²) < 4.78 is 1.33. The van der Waals surface area contributed by atoms with E-state index in [9.17, 15) is 14.7 Å². The lowest BCUT2D eigenvalue weighted by Crippen LogP contribution is -2.34. The van der Waals surface area contributed by atoms with Crippen molar-refractivity contribution < 1.29 is 5.11 Å². The minimum atomic E-state index is -0.505. The second-order valence-electron chi connectivity index (χ2n) is 4.37. The van der Waals surface area contributed by atoms with E-state index in [1.165, 1.54) is 17.9 Å². The molecule has 2 rings (SSSR count). The van der Waals surface area contributed by atoms with Gasteiger partial charge in [-0.05, 0) is 19.8 Å². The second-order valence-corrected chi connectivity index (χ2v) is 4.37. The van der Waals surface area contributed by atoms with Crippen molar-refractivity contribution in [2.45, 2.75) is 45.1 Å². The highest BCUT2D eigenvalue weighted by Gasteiger charge is 2.21. The highest BCUT2D eigenvalue weighted by atomic mass is 16.3. The number of hydrogen-bond donors (Lipinski definition) is 2. The molecule has 1 aromatic heterocycles. The first kappa shape index (κ1) is 11.0. The predicted octanol–water partition coefficient (Wildman–Crippen LogP) is 1.06.